The first-order valence-corrected chi connectivity index (χ1v) is 20.0. The lowest BCUT2D eigenvalue weighted by atomic mass is 10.1. The highest BCUT2D eigenvalue weighted by Gasteiger charge is 2.24. The summed E-state index contributed by atoms with van der Waals surface area (Å²) in [5.74, 6) is 0.281. The van der Waals surface area contributed by atoms with Crippen LogP contribution in [0.4, 0.5) is 10.8 Å². The van der Waals surface area contributed by atoms with Crippen molar-refractivity contribution in [2.45, 2.75) is 16.8 Å². The van der Waals surface area contributed by atoms with Gasteiger partial charge in [0.15, 0.2) is 5.13 Å². The zero-order valence-corrected chi connectivity index (χ0v) is 33.0. The molecule has 3 amide bonds. The average molecular weight is 803 g/mol. The number of hydrogen-bond acceptors (Lipinski definition) is 8. The standard InChI is InChI=1S/C47H38N4O5S2/c1-55-38-25-19-34(20-26-38)42-31-57-47(50-42)51-46(54)43(35-13-7-3-8-14-35)58-40-27-21-37(22-28-40)48-45(53)41(49-44(52)36-15-9-4-10-16-36)29-32-17-23-39(24-18-32)56-30-33-11-5-2-6-12-33/h2-29,31,43H,30H2,1H3,(H,48,53)(H,49,52)(H,50,51,54)/b41-29-. The summed E-state index contributed by atoms with van der Waals surface area (Å²) in [6.45, 7) is 0.424. The minimum atomic E-state index is -0.590. The molecule has 1 aromatic heterocycles. The van der Waals surface area contributed by atoms with Crippen LogP contribution in [0, 0.1) is 0 Å². The van der Waals surface area contributed by atoms with Crippen LogP contribution < -0.4 is 25.4 Å². The Labute approximate surface area is 344 Å². The van der Waals surface area contributed by atoms with Crippen LogP contribution in [0.2, 0.25) is 0 Å². The van der Waals surface area contributed by atoms with Gasteiger partial charge in [0.25, 0.3) is 11.8 Å². The van der Waals surface area contributed by atoms with Gasteiger partial charge in [0.2, 0.25) is 5.91 Å². The van der Waals surface area contributed by atoms with Gasteiger partial charge >= 0.3 is 0 Å². The molecule has 0 aliphatic heterocycles. The summed E-state index contributed by atoms with van der Waals surface area (Å²) in [6, 6.07) is 50.2. The Balaban J connectivity index is 1.04. The number of aromatic nitrogens is 1. The number of benzene rings is 6. The van der Waals surface area contributed by atoms with E-state index in [1.165, 1.54) is 23.1 Å². The topological polar surface area (TPSA) is 119 Å². The SMILES string of the molecule is COc1ccc(-c2csc(NC(=O)C(Sc3ccc(NC(=O)/C(=C/c4ccc(OCc5ccccc5)cc4)NC(=O)c4ccccc4)cc3)c3ccccc3)n2)cc1. The number of thioether (sulfide) groups is 1. The molecule has 0 saturated carbocycles. The highest BCUT2D eigenvalue weighted by molar-refractivity contribution is 8.00. The van der Waals surface area contributed by atoms with Gasteiger partial charge in [0, 0.05) is 27.1 Å². The van der Waals surface area contributed by atoms with E-state index in [9.17, 15) is 14.4 Å². The minimum absolute atomic E-state index is 0.0587. The van der Waals surface area contributed by atoms with Crippen LogP contribution in [0.5, 0.6) is 11.5 Å². The number of hydrogen-bond donors (Lipinski definition) is 3. The predicted octanol–water partition coefficient (Wildman–Crippen LogP) is 10.3. The lowest BCUT2D eigenvalue weighted by Gasteiger charge is -2.17. The summed E-state index contributed by atoms with van der Waals surface area (Å²) in [5, 5.41) is 10.5. The number of anilines is 2. The average Bonchev–Trinajstić information content (AvgIpc) is 3.74. The maximum absolute atomic E-state index is 13.8. The second-order valence-corrected chi connectivity index (χ2v) is 14.9. The zero-order chi connectivity index (χ0) is 40.1. The smallest absolute Gasteiger partial charge is 0.272 e. The number of nitrogens with one attached hydrogen (secondary N) is 3. The van der Waals surface area contributed by atoms with E-state index in [-0.39, 0.29) is 11.6 Å². The van der Waals surface area contributed by atoms with Gasteiger partial charge < -0.3 is 25.4 Å². The number of ether oxygens (including phenoxy) is 2. The normalized spacial score (nSPS) is 11.6. The van der Waals surface area contributed by atoms with Crippen molar-refractivity contribution in [1.29, 1.82) is 0 Å². The van der Waals surface area contributed by atoms with Crippen molar-refractivity contribution >= 4 is 57.7 Å². The minimum Gasteiger partial charge on any atom is -0.497 e. The van der Waals surface area contributed by atoms with Gasteiger partial charge in [-0.1, -0.05) is 91.0 Å². The monoisotopic (exact) mass is 802 g/mol. The quantitative estimate of drug-likeness (QED) is 0.0698. The molecule has 0 radical (unpaired) electrons. The first kappa shape index (κ1) is 39.3. The zero-order valence-electron chi connectivity index (χ0n) is 31.3. The lowest BCUT2D eigenvalue weighted by Crippen LogP contribution is -2.30. The second kappa shape index (κ2) is 19.3. The first-order chi connectivity index (χ1) is 28.4. The fourth-order valence-corrected chi connectivity index (χ4v) is 7.51. The molecule has 0 aliphatic carbocycles. The fourth-order valence-electron chi connectivity index (χ4n) is 5.76. The number of thiazole rings is 1. The first-order valence-electron chi connectivity index (χ1n) is 18.3. The lowest BCUT2D eigenvalue weighted by molar-refractivity contribution is -0.116. The number of nitrogens with zero attached hydrogens (tertiary/aromatic N) is 1. The van der Waals surface area contributed by atoms with E-state index >= 15 is 0 Å². The third kappa shape index (κ3) is 10.7. The van der Waals surface area contributed by atoms with Gasteiger partial charge in [0.05, 0.1) is 12.8 Å². The molecule has 9 nitrogen and oxygen atoms in total. The molecule has 6 aromatic carbocycles. The Hall–Kier alpha value is -6.95. The van der Waals surface area contributed by atoms with E-state index < -0.39 is 17.1 Å². The maximum Gasteiger partial charge on any atom is 0.272 e. The summed E-state index contributed by atoms with van der Waals surface area (Å²) in [5.41, 5.74) is 5.22. The number of carbonyl (C=O) groups excluding carboxylic acids is 3. The van der Waals surface area contributed by atoms with Crippen LogP contribution in [-0.2, 0) is 16.2 Å². The Morgan fingerprint density at radius 1 is 0.724 bits per heavy atom. The molecule has 1 heterocycles. The highest BCUT2D eigenvalue weighted by atomic mass is 32.2. The molecule has 7 aromatic rings. The summed E-state index contributed by atoms with van der Waals surface area (Å²) in [7, 11) is 1.62. The molecule has 0 spiro atoms. The van der Waals surface area contributed by atoms with Crippen LogP contribution in [0.1, 0.15) is 32.3 Å². The highest BCUT2D eigenvalue weighted by Crippen LogP contribution is 2.37. The molecule has 1 unspecified atom stereocenters. The molecule has 11 heteroatoms. The number of methoxy groups -OCH3 is 1. The van der Waals surface area contributed by atoms with Crippen LogP contribution in [0.15, 0.2) is 180 Å². The summed E-state index contributed by atoms with van der Waals surface area (Å²) in [4.78, 5) is 46.2. The molecule has 288 valence electrons. The van der Waals surface area contributed by atoms with Crippen molar-refractivity contribution in [3.63, 3.8) is 0 Å². The van der Waals surface area contributed by atoms with Gasteiger partial charge in [-0.3, -0.25) is 14.4 Å². The molecule has 58 heavy (non-hydrogen) atoms. The summed E-state index contributed by atoms with van der Waals surface area (Å²) in [6.07, 6.45) is 1.62. The molecular weight excluding hydrogens is 765 g/mol. The van der Waals surface area contributed by atoms with Crippen molar-refractivity contribution < 1.29 is 23.9 Å². The van der Waals surface area contributed by atoms with E-state index in [0.717, 1.165) is 33.0 Å². The molecule has 3 N–H and O–H groups in total. The number of carbonyl (C=O) groups is 3. The largest absolute Gasteiger partial charge is 0.497 e. The summed E-state index contributed by atoms with van der Waals surface area (Å²) < 4.78 is 11.2. The van der Waals surface area contributed by atoms with E-state index in [0.29, 0.717) is 34.3 Å². The van der Waals surface area contributed by atoms with Crippen LogP contribution in [-0.4, -0.2) is 29.8 Å². The van der Waals surface area contributed by atoms with Gasteiger partial charge in [-0.15, -0.1) is 23.1 Å². The fraction of sp³-hybridized carbons (Fsp3) is 0.0638. The van der Waals surface area contributed by atoms with Crippen molar-refractivity contribution in [1.82, 2.24) is 10.3 Å². The van der Waals surface area contributed by atoms with Crippen LogP contribution in [0.25, 0.3) is 17.3 Å². The second-order valence-electron chi connectivity index (χ2n) is 12.9. The van der Waals surface area contributed by atoms with Crippen molar-refractivity contribution in [2.75, 3.05) is 17.7 Å². The number of amides is 3. The Kier molecular flexibility index (Phi) is 13.1. The molecule has 0 bridgehead atoms. The Morgan fingerprint density at radius 2 is 1.36 bits per heavy atom. The molecule has 0 aliphatic rings. The molecule has 0 saturated heterocycles. The van der Waals surface area contributed by atoms with Gasteiger partial charge in [-0.25, -0.2) is 4.98 Å². The van der Waals surface area contributed by atoms with Crippen molar-refractivity contribution in [3.05, 3.63) is 197 Å². The summed E-state index contributed by atoms with van der Waals surface area (Å²) >= 11 is 2.74. The third-order valence-electron chi connectivity index (χ3n) is 8.79. The number of rotatable bonds is 15. The molecule has 1 atom stereocenters. The maximum atomic E-state index is 13.8. The van der Waals surface area contributed by atoms with Crippen LogP contribution in [0.3, 0.4) is 0 Å². The molecule has 0 fully saturated rings. The molecular formula is C47H38N4O5S2. The van der Waals surface area contributed by atoms with E-state index in [1.54, 1.807) is 49.6 Å². The van der Waals surface area contributed by atoms with E-state index in [4.69, 9.17) is 9.47 Å². The van der Waals surface area contributed by atoms with Gasteiger partial charge in [0.1, 0.15) is 29.1 Å². The van der Waals surface area contributed by atoms with Crippen molar-refractivity contribution in [2.24, 2.45) is 0 Å². The Bertz CT molecular complexity index is 2480. The van der Waals surface area contributed by atoms with Gasteiger partial charge in [-0.05, 0) is 95.6 Å². The third-order valence-corrected chi connectivity index (χ3v) is 10.8. The predicted molar refractivity (Wildman–Crippen MR) is 232 cm³/mol. The van der Waals surface area contributed by atoms with E-state index in [1.807, 2.05) is 133 Å². The Morgan fingerprint density at radius 3 is 2.03 bits per heavy atom. The van der Waals surface area contributed by atoms with Crippen molar-refractivity contribution in [3.8, 4) is 22.8 Å². The molecule has 7 rings (SSSR count). The van der Waals surface area contributed by atoms with Gasteiger partial charge in [-0.2, -0.15) is 0 Å². The van der Waals surface area contributed by atoms with E-state index in [2.05, 4.69) is 20.9 Å². The van der Waals surface area contributed by atoms with Crippen LogP contribution >= 0.6 is 23.1 Å².